The van der Waals surface area contributed by atoms with Gasteiger partial charge in [0.05, 0.1) is 31.9 Å². The molecule has 0 N–H and O–H groups in total. The minimum absolute atomic E-state index is 0.771. The molecule has 0 radical (unpaired) electrons. The Kier molecular flexibility index (Phi) is 6.75. The highest BCUT2D eigenvalue weighted by Gasteiger charge is 2.14. The molecule has 166 valence electrons. The fourth-order valence-corrected chi connectivity index (χ4v) is 4.70. The van der Waals surface area contributed by atoms with Gasteiger partial charge in [0, 0.05) is 42.5 Å². The van der Waals surface area contributed by atoms with Gasteiger partial charge in [0.15, 0.2) is 4.80 Å². The van der Waals surface area contributed by atoms with E-state index in [9.17, 15) is 0 Å². The summed E-state index contributed by atoms with van der Waals surface area (Å²) in [6.45, 7) is 5.94. The maximum atomic E-state index is 5.69. The molecular formula is C25H28N4O2S. The fourth-order valence-electron chi connectivity index (χ4n) is 3.77. The van der Waals surface area contributed by atoms with E-state index >= 15 is 0 Å². The minimum atomic E-state index is 0.771. The number of hydrogen-bond donors (Lipinski definition) is 0. The van der Waals surface area contributed by atoms with Gasteiger partial charge in [0.2, 0.25) is 0 Å². The molecule has 0 atom stereocenters. The number of imidazole rings is 1. The van der Waals surface area contributed by atoms with Crippen molar-refractivity contribution in [2.75, 3.05) is 14.2 Å². The lowest BCUT2D eigenvalue weighted by molar-refractivity contribution is 0.395. The van der Waals surface area contributed by atoms with Gasteiger partial charge in [0.25, 0.3) is 0 Å². The lowest BCUT2D eigenvalue weighted by Gasteiger charge is -2.14. The van der Waals surface area contributed by atoms with Crippen LogP contribution in [0.15, 0.2) is 65.5 Å². The van der Waals surface area contributed by atoms with Crippen molar-refractivity contribution in [1.29, 1.82) is 0 Å². The maximum Gasteiger partial charge on any atom is 0.190 e. The molecule has 0 aliphatic rings. The number of rotatable bonds is 8. The Morgan fingerprint density at radius 1 is 1.03 bits per heavy atom. The summed E-state index contributed by atoms with van der Waals surface area (Å²) in [4.78, 5) is 10.2. The molecule has 2 heterocycles. The molecule has 2 aromatic heterocycles. The first-order valence-electron chi connectivity index (χ1n) is 10.6. The van der Waals surface area contributed by atoms with Crippen LogP contribution in [-0.2, 0) is 13.1 Å². The normalized spacial score (nSPS) is 11.7. The molecule has 0 fully saturated rings. The Labute approximate surface area is 192 Å². The van der Waals surface area contributed by atoms with Gasteiger partial charge < -0.3 is 18.6 Å². The van der Waals surface area contributed by atoms with Crippen molar-refractivity contribution >= 4 is 17.0 Å². The van der Waals surface area contributed by atoms with Gasteiger partial charge in [-0.25, -0.2) is 9.98 Å². The number of aryl methyl sites for hydroxylation is 3. The predicted octanol–water partition coefficient (Wildman–Crippen LogP) is 5.37. The third-order valence-corrected chi connectivity index (χ3v) is 6.35. The molecule has 32 heavy (non-hydrogen) atoms. The molecule has 7 heteroatoms. The average Bonchev–Trinajstić information content (AvgIpc) is 3.46. The Morgan fingerprint density at radius 2 is 1.84 bits per heavy atom. The molecule has 0 amide bonds. The van der Waals surface area contributed by atoms with E-state index in [2.05, 4.69) is 57.6 Å². The zero-order valence-corrected chi connectivity index (χ0v) is 19.7. The Morgan fingerprint density at radius 3 is 2.53 bits per heavy atom. The Bertz CT molecular complexity index is 1240. The van der Waals surface area contributed by atoms with Gasteiger partial charge in [-0.05, 0) is 43.5 Å². The van der Waals surface area contributed by atoms with Crippen molar-refractivity contribution in [3.05, 3.63) is 76.4 Å². The summed E-state index contributed by atoms with van der Waals surface area (Å²) in [7, 11) is 3.35. The van der Waals surface area contributed by atoms with E-state index in [1.807, 2.05) is 30.9 Å². The quantitative estimate of drug-likeness (QED) is 0.364. The predicted molar refractivity (Wildman–Crippen MR) is 129 cm³/mol. The first kappa shape index (κ1) is 21.9. The monoisotopic (exact) mass is 448 g/mol. The van der Waals surface area contributed by atoms with Crippen molar-refractivity contribution in [3.8, 4) is 22.8 Å². The molecule has 0 aliphatic heterocycles. The number of hydrogen-bond acceptors (Lipinski definition) is 5. The van der Waals surface area contributed by atoms with E-state index in [4.69, 9.17) is 14.5 Å². The largest absolute Gasteiger partial charge is 0.497 e. The number of ether oxygens (including phenoxy) is 2. The van der Waals surface area contributed by atoms with Crippen molar-refractivity contribution in [2.24, 2.45) is 4.99 Å². The van der Waals surface area contributed by atoms with Crippen molar-refractivity contribution in [1.82, 2.24) is 14.1 Å². The smallest absolute Gasteiger partial charge is 0.190 e. The molecule has 0 unspecified atom stereocenters. The lowest BCUT2D eigenvalue weighted by Crippen LogP contribution is -2.17. The second-order valence-electron chi connectivity index (χ2n) is 7.63. The van der Waals surface area contributed by atoms with Crippen LogP contribution in [0, 0.1) is 13.8 Å². The number of benzene rings is 2. The zero-order chi connectivity index (χ0) is 22.5. The van der Waals surface area contributed by atoms with E-state index in [-0.39, 0.29) is 0 Å². The van der Waals surface area contributed by atoms with Crippen LogP contribution in [0.3, 0.4) is 0 Å². The third kappa shape index (κ3) is 4.62. The van der Waals surface area contributed by atoms with Crippen molar-refractivity contribution in [3.63, 3.8) is 0 Å². The maximum absolute atomic E-state index is 5.69. The lowest BCUT2D eigenvalue weighted by atomic mass is 10.1. The number of methoxy groups -OCH3 is 2. The summed E-state index contributed by atoms with van der Waals surface area (Å²) in [6.07, 6.45) is 6.62. The molecule has 6 nitrogen and oxygen atoms in total. The molecule has 4 rings (SSSR count). The fraction of sp³-hybridized carbons (Fsp3) is 0.280. The van der Waals surface area contributed by atoms with E-state index in [0.29, 0.717) is 0 Å². The van der Waals surface area contributed by atoms with Crippen molar-refractivity contribution in [2.45, 2.75) is 33.4 Å². The van der Waals surface area contributed by atoms with Crippen LogP contribution in [0.2, 0.25) is 0 Å². The minimum Gasteiger partial charge on any atom is -0.497 e. The topological polar surface area (TPSA) is 53.6 Å². The van der Waals surface area contributed by atoms with E-state index in [0.717, 1.165) is 52.8 Å². The third-order valence-electron chi connectivity index (χ3n) is 5.49. The first-order chi connectivity index (χ1) is 15.6. The summed E-state index contributed by atoms with van der Waals surface area (Å²) >= 11 is 1.65. The van der Waals surface area contributed by atoms with Crippen LogP contribution in [-0.4, -0.2) is 28.3 Å². The number of nitrogens with zero attached hydrogens (tertiary/aromatic N) is 4. The van der Waals surface area contributed by atoms with E-state index in [1.54, 1.807) is 25.6 Å². The second kappa shape index (κ2) is 9.87. The first-order valence-corrected chi connectivity index (χ1v) is 11.5. The highest BCUT2D eigenvalue weighted by atomic mass is 32.1. The van der Waals surface area contributed by atoms with Crippen LogP contribution < -0.4 is 14.3 Å². The zero-order valence-electron chi connectivity index (χ0n) is 18.9. The molecule has 0 saturated heterocycles. The van der Waals surface area contributed by atoms with E-state index in [1.165, 1.54) is 11.1 Å². The molecule has 0 aliphatic carbocycles. The molecular weight excluding hydrogens is 420 g/mol. The summed E-state index contributed by atoms with van der Waals surface area (Å²) in [5.74, 6) is 1.55. The summed E-state index contributed by atoms with van der Waals surface area (Å²) in [5.41, 5.74) is 5.49. The number of thiazole rings is 1. The van der Waals surface area contributed by atoms with Crippen LogP contribution >= 0.6 is 11.3 Å². The standard InChI is InChI=1S/C25H28N4O2S/c1-18-7-5-8-19(2)24(18)27-25-29(13-6-12-28-14-11-26-17-28)22(16-32-25)21-10-9-20(30-3)15-23(21)31-4/h5,7-11,14-17H,6,12-13H2,1-4H3. The SMILES string of the molecule is COc1ccc(-c2csc(=Nc3c(C)cccc3C)n2CCCn2ccnc2)c(OC)c1. The second-order valence-corrected chi connectivity index (χ2v) is 8.46. The van der Waals surface area contributed by atoms with Gasteiger partial charge >= 0.3 is 0 Å². The highest BCUT2D eigenvalue weighted by Crippen LogP contribution is 2.34. The highest BCUT2D eigenvalue weighted by molar-refractivity contribution is 7.07. The molecule has 2 aromatic carbocycles. The Hall–Kier alpha value is -3.32. The molecule has 0 spiro atoms. The van der Waals surface area contributed by atoms with Gasteiger partial charge in [0.1, 0.15) is 11.5 Å². The number of para-hydroxylation sites is 1. The van der Waals surface area contributed by atoms with E-state index < -0.39 is 0 Å². The number of aromatic nitrogens is 3. The van der Waals surface area contributed by atoms with Crippen LogP contribution in [0.4, 0.5) is 5.69 Å². The van der Waals surface area contributed by atoms with Crippen LogP contribution in [0.1, 0.15) is 17.5 Å². The van der Waals surface area contributed by atoms with Gasteiger partial charge in [-0.1, -0.05) is 18.2 Å². The summed E-state index contributed by atoms with van der Waals surface area (Å²) in [5, 5.41) is 2.16. The van der Waals surface area contributed by atoms with Crippen LogP contribution in [0.25, 0.3) is 11.3 Å². The van der Waals surface area contributed by atoms with Crippen molar-refractivity contribution < 1.29 is 9.47 Å². The van der Waals surface area contributed by atoms with Gasteiger partial charge in [-0.2, -0.15) is 0 Å². The summed E-state index contributed by atoms with van der Waals surface area (Å²) < 4.78 is 15.5. The van der Waals surface area contributed by atoms with Crippen LogP contribution in [0.5, 0.6) is 11.5 Å². The molecule has 4 aromatic rings. The molecule has 0 bridgehead atoms. The van der Waals surface area contributed by atoms with Gasteiger partial charge in [-0.15, -0.1) is 11.3 Å². The Balaban J connectivity index is 1.79. The average molecular weight is 449 g/mol. The molecule has 0 saturated carbocycles. The van der Waals surface area contributed by atoms with Gasteiger partial charge in [-0.3, -0.25) is 0 Å². The summed E-state index contributed by atoms with van der Waals surface area (Å²) in [6, 6.07) is 12.2.